The molecule has 0 spiro atoms. The third kappa shape index (κ3) is 4.60. The van der Waals surface area contributed by atoms with Gasteiger partial charge in [0.25, 0.3) is 0 Å². The summed E-state index contributed by atoms with van der Waals surface area (Å²) in [5.41, 5.74) is -0.174. The minimum Gasteiger partial charge on any atom is -0.466 e. The van der Waals surface area contributed by atoms with Gasteiger partial charge in [-0.1, -0.05) is 6.92 Å². The molecule has 0 aliphatic heterocycles. The van der Waals surface area contributed by atoms with Crippen molar-refractivity contribution in [1.29, 1.82) is 0 Å². The normalized spacial score (nSPS) is 24.0. The highest BCUT2D eigenvalue weighted by Gasteiger charge is 2.34. The van der Waals surface area contributed by atoms with Crippen molar-refractivity contribution in [2.75, 3.05) is 13.6 Å². The lowest BCUT2D eigenvalue weighted by Gasteiger charge is -2.24. The number of hydrogen-bond acceptors (Lipinski definition) is 3. The monoisotopic (exact) mass is 407 g/mol. The van der Waals surface area contributed by atoms with E-state index >= 15 is 0 Å². The Hall–Kier alpha value is -0.760. The first kappa shape index (κ1) is 18.3. The van der Waals surface area contributed by atoms with Crippen LogP contribution in [0, 0.1) is 19.8 Å². The van der Waals surface area contributed by atoms with Crippen molar-refractivity contribution >= 4 is 29.9 Å². The van der Waals surface area contributed by atoms with Crippen molar-refractivity contribution in [3.8, 4) is 0 Å². The maximum atomic E-state index is 10.6. The third-order valence-electron chi connectivity index (χ3n) is 3.88. The minimum atomic E-state index is -0.991. The Bertz CT molecular complexity index is 511. The van der Waals surface area contributed by atoms with E-state index in [0.717, 1.165) is 23.0 Å². The average Bonchev–Trinajstić information content (AvgIpc) is 2.94. The topological polar surface area (TPSA) is 69.8 Å². The molecule has 1 aromatic rings. The Morgan fingerprint density at radius 3 is 2.57 bits per heavy atom. The van der Waals surface area contributed by atoms with Crippen LogP contribution in [-0.4, -0.2) is 30.7 Å². The molecule has 1 aromatic heterocycles. The zero-order chi connectivity index (χ0) is 14.9. The summed E-state index contributed by atoms with van der Waals surface area (Å²) >= 11 is 0. The maximum Gasteiger partial charge on any atom is 0.191 e. The lowest BCUT2D eigenvalue weighted by atomic mass is 9.96. The van der Waals surface area contributed by atoms with E-state index < -0.39 is 5.60 Å². The summed E-state index contributed by atoms with van der Waals surface area (Å²) in [6, 6.07) is 2.39. The second-order valence-corrected chi connectivity index (χ2v) is 5.99. The highest BCUT2D eigenvalue weighted by Crippen LogP contribution is 2.29. The summed E-state index contributed by atoms with van der Waals surface area (Å²) in [6.07, 6.45) is 1.18. The number of aliphatic hydroxyl groups is 1. The van der Waals surface area contributed by atoms with E-state index in [9.17, 15) is 5.11 Å². The molecule has 1 heterocycles. The van der Waals surface area contributed by atoms with Crippen molar-refractivity contribution in [3.63, 3.8) is 0 Å². The number of aryl methyl sites for hydroxylation is 2. The van der Waals surface area contributed by atoms with Crippen molar-refractivity contribution in [2.45, 2.75) is 45.8 Å². The number of guanidine groups is 1. The smallest absolute Gasteiger partial charge is 0.191 e. The molecule has 21 heavy (non-hydrogen) atoms. The molecule has 1 fully saturated rings. The van der Waals surface area contributed by atoms with Crippen molar-refractivity contribution in [3.05, 3.63) is 23.2 Å². The van der Waals surface area contributed by atoms with Gasteiger partial charge in [0.1, 0.15) is 17.1 Å². The standard InChI is InChI=1S/C15H25N3O2.HI/c1-9-6-13(9)18-14(16-5)17-8-15(4,19)12-7-10(2)20-11(12)3;/h7,9,13,19H,6,8H2,1-5H3,(H2,16,17,18);1H. The largest absolute Gasteiger partial charge is 0.466 e. The van der Waals surface area contributed by atoms with Gasteiger partial charge in [-0.2, -0.15) is 0 Å². The van der Waals surface area contributed by atoms with E-state index in [1.54, 1.807) is 14.0 Å². The molecule has 1 saturated carbocycles. The number of nitrogens with one attached hydrogen (secondary N) is 2. The van der Waals surface area contributed by atoms with Crippen LogP contribution >= 0.6 is 24.0 Å². The molecule has 6 heteroatoms. The molecular formula is C15H26IN3O2. The van der Waals surface area contributed by atoms with Gasteiger partial charge >= 0.3 is 0 Å². The second-order valence-electron chi connectivity index (χ2n) is 5.99. The van der Waals surface area contributed by atoms with Crippen LogP contribution in [0.25, 0.3) is 0 Å². The highest BCUT2D eigenvalue weighted by atomic mass is 127. The molecule has 5 nitrogen and oxygen atoms in total. The van der Waals surface area contributed by atoms with Crippen molar-refractivity contribution in [2.24, 2.45) is 10.9 Å². The van der Waals surface area contributed by atoms with Gasteiger partial charge in [-0.3, -0.25) is 4.99 Å². The van der Waals surface area contributed by atoms with E-state index in [1.807, 2.05) is 19.9 Å². The first-order valence-electron chi connectivity index (χ1n) is 7.10. The maximum absolute atomic E-state index is 10.6. The predicted molar refractivity (Wildman–Crippen MR) is 95.2 cm³/mol. The number of aliphatic imine (C=N–C) groups is 1. The van der Waals surface area contributed by atoms with Crippen LogP contribution in [-0.2, 0) is 5.60 Å². The number of hydrogen-bond donors (Lipinski definition) is 3. The number of halogens is 1. The summed E-state index contributed by atoms with van der Waals surface area (Å²) in [5, 5.41) is 17.1. The minimum absolute atomic E-state index is 0. The second kappa shape index (κ2) is 7.00. The van der Waals surface area contributed by atoms with E-state index in [4.69, 9.17) is 4.42 Å². The van der Waals surface area contributed by atoms with Crippen molar-refractivity contribution in [1.82, 2.24) is 10.6 Å². The van der Waals surface area contributed by atoms with Gasteiger partial charge in [0.15, 0.2) is 5.96 Å². The number of rotatable bonds is 4. The molecule has 0 aromatic carbocycles. The van der Waals surface area contributed by atoms with Crippen LogP contribution in [0.5, 0.6) is 0 Å². The summed E-state index contributed by atoms with van der Waals surface area (Å²) in [4.78, 5) is 4.19. The van der Waals surface area contributed by atoms with Crippen molar-refractivity contribution < 1.29 is 9.52 Å². The van der Waals surface area contributed by atoms with E-state index in [-0.39, 0.29) is 24.0 Å². The molecule has 3 atom stereocenters. The Labute approximate surface area is 143 Å². The Kier molecular flexibility index (Phi) is 6.10. The zero-order valence-electron chi connectivity index (χ0n) is 13.4. The SMILES string of the molecule is CN=C(NCC(C)(O)c1cc(C)oc1C)NC1CC1C.I. The fraction of sp³-hybridized carbons (Fsp3) is 0.667. The number of nitrogens with zero attached hydrogens (tertiary/aromatic N) is 1. The van der Waals surface area contributed by atoms with Crippen LogP contribution in [0.15, 0.2) is 15.5 Å². The van der Waals surface area contributed by atoms with Gasteiger partial charge in [0.2, 0.25) is 0 Å². The Balaban J connectivity index is 0.00000220. The lowest BCUT2D eigenvalue weighted by Crippen LogP contribution is -2.45. The predicted octanol–water partition coefficient (Wildman–Crippen LogP) is 2.30. The third-order valence-corrected chi connectivity index (χ3v) is 3.88. The summed E-state index contributed by atoms with van der Waals surface area (Å²) in [6.45, 7) is 8.13. The van der Waals surface area contributed by atoms with Gasteiger partial charge in [0.05, 0.1) is 6.54 Å². The van der Waals surface area contributed by atoms with Gasteiger partial charge in [-0.25, -0.2) is 0 Å². The van der Waals surface area contributed by atoms with Gasteiger partial charge in [-0.05, 0) is 39.2 Å². The van der Waals surface area contributed by atoms with Gasteiger partial charge in [0, 0.05) is 18.7 Å². The first-order valence-corrected chi connectivity index (χ1v) is 7.10. The molecule has 0 bridgehead atoms. The fourth-order valence-corrected chi connectivity index (χ4v) is 2.41. The molecule has 120 valence electrons. The Morgan fingerprint density at radius 2 is 2.14 bits per heavy atom. The van der Waals surface area contributed by atoms with E-state index in [0.29, 0.717) is 18.5 Å². The van der Waals surface area contributed by atoms with E-state index in [2.05, 4.69) is 22.5 Å². The van der Waals surface area contributed by atoms with Crippen LogP contribution in [0.3, 0.4) is 0 Å². The molecule has 1 aliphatic carbocycles. The quantitative estimate of drug-likeness (QED) is 0.407. The molecule has 1 aliphatic rings. The molecule has 0 radical (unpaired) electrons. The zero-order valence-corrected chi connectivity index (χ0v) is 15.7. The summed E-state index contributed by atoms with van der Waals surface area (Å²) in [5.74, 6) is 3.01. The fourth-order valence-electron chi connectivity index (χ4n) is 2.41. The van der Waals surface area contributed by atoms with Gasteiger partial charge in [-0.15, -0.1) is 24.0 Å². The average molecular weight is 407 g/mol. The molecule has 2 rings (SSSR count). The lowest BCUT2D eigenvalue weighted by molar-refractivity contribution is 0.0601. The summed E-state index contributed by atoms with van der Waals surface area (Å²) < 4.78 is 5.49. The first-order chi connectivity index (χ1) is 9.33. The van der Waals surface area contributed by atoms with Crippen LogP contribution in [0.4, 0.5) is 0 Å². The molecule has 3 unspecified atom stereocenters. The van der Waals surface area contributed by atoms with E-state index in [1.165, 1.54) is 6.42 Å². The van der Waals surface area contributed by atoms with Crippen LogP contribution in [0.1, 0.15) is 37.4 Å². The molecule has 0 saturated heterocycles. The number of furan rings is 1. The van der Waals surface area contributed by atoms with Gasteiger partial charge < -0.3 is 20.2 Å². The summed E-state index contributed by atoms with van der Waals surface area (Å²) in [7, 11) is 1.74. The van der Waals surface area contributed by atoms with Crippen LogP contribution in [0.2, 0.25) is 0 Å². The molecule has 3 N–H and O–H groups in total. The highest BCUT2D eigenvalue weighted by molar-refractivity contribution is 14.0. The molecule has 0 amide bonds. The van der Waals surface area contributed by atoms with Crippen LogP contribution < -0.4 is 10.6 Å². The molecular weight excluding hydrogens is 381 g/mol. The Morgan fingerprint density at radius 1 is 1.52 bits per heavy atom.